The Hall–Kier alpha value is -4.12. The van der Waals surface area contributed by atoms with Gasteiger partial charge < -0.3 is 19.7 Å². The molecule has 0 bridgehead atoms. The molecule has 0 heterocycles. The van der Waals surface area contributed by atoms with Gasteiger partial charge in [0.05, 0.1) is 24.8 Å². The number of nitrogens with one attached hydrogen (secondary N) is 1. The molecule has 0 fully saturated rings. The third-order valence-electron chi connectivity index (χ3n) is 6.46. The van der Waals surface area contributed by atoms with Crippen LogP contribution in [0.2, 0.25) is 0 Å². The highest BCUT2D eigenvalue weighted by Gasteiger charge is 2.33. The first-order chi connectivity index (χ1) is 19.6. The van der Waals surface area contributed by atoms with Crippen LogP contribution >= 0.6 is 0 Å². The maximum Gasteiger partial charge on any atom is 0.264 e. The molecule has 3 aromatic carbocycles. The van der Waals surface area contributed by atoms with E-state index in [9.17, 15) is 22.4 Å². The lowest BCUT2D eigenvalue weighted by Gasteiger charge is -2.33. The molecule has 9 nitrogen and oxygen atoms in total. The van der Waals surface area contributed by atoms with Crippen LogP contribution in [0.4, 0.5) is 10.1 Å². The van der Waals surface area contributed by atoms with E-state index in [1.165, 1.54) is 55.5 Å². The number of hydrogen-bond acceptors (Lipinski definition) is 6. The number of halogens is 1. The Morgan fingerprint density at radius 2 is 1.59 bits per heavy atom. The molecule has 0 radical (unpaired) electrons. The molecular weight excluding hydrogens is 549 g/mol. The minimum absolute atomic E-state index is 0.0356. The zero-order valence-electron chi connectivity index (χ0n) is 23.7. The predicted octanol–water partition coefficient (Wildman–Crippen LogP) is 4.37. The number of rotatable bonds is 14. The van der Waals surface area contributed by atoms with Crippen LogP contribution in [0.3, 0.4) is 0 Å². The van der Waals surface area contributed by atoms with Gasteiger partial charge in [0.2, 0.25) is 11.8 Å². The number of carbonyl (C=O) groups excluding carboxylic acids is 2. The molecule has 11 heteroatoms. The molecule has 3 aromatic rings. The molecule has 41 heavy (non-hydrogen) atoms. The number of nitrogens with zero attached hydrogens (tertiary/aromatic N) is 2. The fourth-order valence-electron chi connectivity index (χ4n) is 4.26. The predicted molar refractivity (Wildman–Crippen MR) is 155 cm³/mol. The van der Waals surface area contributed by atoms with Crippen LogP contribution in [0, 0.1) is 5.82 Å². The smallest absolute Gasteiger partial charge is 0.264 e. The molecule has 0 aliphatic heterocycles. The Labute approximate surface area is 240 Å². The maximum atomic E-state index is 14.0. The van der Waals surface area contributed by atoms with E-state index in [-0.39, 0.29) is 23.0 Å². The van der Waals surface area contributed by atoms with E-state index in [4.69, 9.17) is 9.47 Å². The first-order valence-electron chi connectivity index (χ1n) is 13.3. The van der Waals surface area contributed by atoms with E-state index in [0.29, 0.717) is 36.4 Å². The molecule has 0 aliphatic carbocycles. The topological polar surface area (TPSA) is 105 Å². The molecule has 0 unspecified atom stereocenters. The highest BCUT2D eigenvalue weighted by molar-refractivity contribution is 7.92. The standard InChI is InChI=1S/C30H36FN3O6S/c1-5-18-32-30(36)28(6-2)33(20-22-8-7-9-26(19-22)40-4)29(35)21-34(24-12-10-23(31)11-13-24)41(37,38)27-16-14-25(39-3)15-17-27/h7-17,19,28H,5-6,18,20-21H2,1-4H3,(H,32,36)/t28-/m1/s1. The maximum absolute atomic E-state index is 14.0. The number of benzene rings is 3. The van der Waals surface area contributed by atoms with Crippen molar-refractivity contribution >= 4 is 27.5 Å². The fraction of sp³-hybridized carbons (Fsp3) is 0.333. The quantitative estimate of drug-likeness (QED) is 0.301. The van der Waals surface area contributed by atoms with Crippen LogP contribution in [0.25, 0.3) is 0 Å². The van der Waals surface area contributed by atoms with E-state index >= 15 is 0 Å². The van der Waals surface area contributed by atoms with Gasteiger partial charge in [0.25, 0.3) is 10.0 Å². The average molecular weight is 586 g/mol. The van der Waals surface area contributed by atoms with Crippen LogP contribution in [0.15, 0.2) is 77.7 Å². The fourth-order valence-corrected chi connectivity index (χ4v) is 5.68. The van der Waals surface area contributed by atoms with Gasteiger partial charge in [0, 0.05) is 13.1 Å². The van der Waals surface area contributed by atoms with Gasteiger partial charge in [-0.25, -0.2) is 12.8 Å². The highest BCUT2D eigenvalue weighted by Crippen LogP contribution is 2.26. The molecule has 1 N–H and O–H groups in total. The van der Waals surface area contributed by atoms with Crippen molar-refractivity contribution in [3.05, 3.63) is 84.2 Å². The summed E-state index contributed by atoms with van der Waals surface area (Å²) in [6.45, 7) is 3.55. The Bertz CT molecular complexity index is 1410. The minimum Gasteiger partial charge on any atom is -0.497 e. The lowest BCUT2D eigenvalue weighted by atomic mass is 10.1. The van der Waals surface area contributed by atoms with Crippen molar-refractivity contribution in [3.8, 4) is 11.5 Å². The molecule has 0 aromatic heterocycles. The summed E-state index contributed by atoms with van der Waals surface area (Å²) in [6.07, 6.45) is 1.01. The molecular formula is C30H36FN3O6S. The van der Waals surface area contributed by atoms with Crippen molar-refractivity contribution in [2.45, 2.75) is 44.2 Å². The number of anilines is 1. The first kappa shape index (κ1) is 31.4. The normalized spacial score (nSPS) is 11.8. The average Bonchev–Trinajstić information content (AvgIpc) is 2.99. The van der Waals surface area contributed by atoms with Crippen molar-refractivity contribution in [1.82, 2.24) is 10.2 Å². The minimum atomic E-state index is -4.28. The monoisotopic (exact) mass is 585 g/mol. The van der Waals surface area contributed by atoms with Gasteiger partial charge in [0.15, 0.2) is 0 Å². The molecule has 220 valence electrons. The summed E-state index contributed by atoms with van der Waals surface area (Å²) in [5.41, 5.74) is 0.797. The molecule has 1 atom stereocenters. The van der Waals surface area contributed by atoms with Crippen LogP contribution in [-0.4, -0.2) is 58.5 Å². The van der Waals surface area contributed by atoms with Gasteiger partial charge in [-0.2, -0.15) is 0 Å². The Balaban J connectivity index is 2.05. The van der Waals surface area contributed by atoms with E-state index in [1.54, 1.807) is 31.2 Å². The summed E-state index contributed by atoms with van der Waals surface area (Å²) in [7, 11) is -1.29. The number of carbonyl (C=O) groups is 2. The van der Waals surface area contributed by atoms with Gasteiger partial charge >= 0.3 is 0 Å². The SMILES string of the molecule is CCCNC(=O)[C@@H](CC)N(Cc1cccc(OC)c1)C(=O)CN(c1ccc(F)cc1)S(=O)(=O)c1ccc(OC)cc1. The third kappa shape index (κ3) is 7.97. The van der Waals surface area contributed by atoms with Crippen molar-refractivity contribution in [3.63, 3.8) is 0 Å². The molecule has 0 saturated heterocycles. The molecule has 2 amide bonds. The van der Waals surface area contributed by atoms with Gasteiger partial charge in [-0.05, 0) is 79.1 Å². The molecule has 0 spiro atoms. The van der Waals surface area contributed by atoms with Crippen molar-refractivity contribution < 1.29 is 31.9 Å². The Morgan fingerprint density at radius 3 is 2.17 bits per heavy atom. The number of amides is 2. The van der Waals surface area contributed by atoms with E-state index in [1.807, 2.05) is 6.92 Å². The zero-order valence-corrected chi connectivity index (χ0v) is 24.5. The third-order valence-corrected chi connectivity index (χ3v) is 8.25. The number of methoxy groups -OCH3 is 2. The number of hydrogen-bond donors (Lipinski definition) is 1. The lowest BCUT2D eigenvalue weighted by Crippen LogP contribution is -2.52. The second kappa shape index (κ2) is 14.5. The molecule has 3 rings (SSSR count). The van der Waals surface area contributed by atoms with Crippen LogP contribution in [0.5, 0.6) is 11.5 Å². The molecule has 0 saturated carbocycles. The largest absolute Gasteiger partial charge is 0.497 e. The van der Waals surface area contributed by atoms with Gasteiger partial charge in [-0.3, -0.25) is 13.9 Å². The number of ether oxygens (including phenoxy) is 2. The van der Waals surface area contributed by atoms with Gasteiger partial charge in [-0.1, -0.05) is 26.0 Å². The zero-order chi connectivity index (χ0) is 30.0. The van der Waals surface area contributed by atoms with Crippen molar-refractivity contribution in [2.75, 3.05) is 31.6 Å². The van der Waals surface area contributed by atoms with Gasteiger partial charge in [0.1, 0.15) is 29.9 Å². The summed E-state index contributed by atoms with van der Waals surface area (Å²) in [5, 5.41) is 2.84. The van der Waals surface area contributed by atoms with Crippen molar-refractivity contribution in [1.29, 1.82) is 0 Å². The van der Waals surface area contributed by atoms with Crippen LogP contribution < -0.4 is 19.1 Å². The second-order valence-electron chi connectivity index (χ2n) is 9.25. The second-order valence-corrected chi connectivity index (χ2v) is 11.1. The van der Waals surface area contributed by atoms with Crippen LogP contribution in [-0.2, 0) is 26.2 Å². The first-order valence-corrected chi connectivity index (χ1v) is 14.7. The number of sulfonamides is 1. The lowest BCUT2D eigenvalue weighted by molar-refractivity contribution is -0.140. The van der Waals surface area contributed by atoms with E-state index in [2.05, 4.69) is 5.32 Å². The summed E-state index contributed by atoms with van der Waals surface area (Å²) >= 11 is 0. The summed E-state index contributed by atoms with van der Waals surface area (Å²) < 4.78 is 52.9. The van der Waals surface area contributed by atoms with E-state index in [0.717, 1.165) is 16.4 Å². The summed E-state index contributed by atoms with van der Waals surface area (Å²) in [5.74, 6) is -0.458. The van der Waals surface area contributed by atoms with E-state index < -0.39 is 34.3 Å². The van der Waals surface area contributed by atoms with Crippen LogP contribution in [0.1, 0.15) is 32.3 Å². The van der Waals surface area contributed by atoms with Gasteiger partial charge in [-0.15, -0.1) is 0 Å². The Kier molecular flexibility index (Phi) is 11.1. The molecule has 0 aliphatic rings. The summed E-state index contributed by atoms with van der Waals surface area (Å²) in [6, 6.07) is 16.8. The highest BCUT2D eigenvalue weighted by atomic mass is 32.2. The summed E-state index contributed by atoms with van der Waals surface area (Å²) in [4.78, 5) is 28.5. The van der Waals surface area contributed by atoms with Crippen molar-refractivity contribution in [2.24, 2.45) is 0 Å². The Morgan fingerprint density at radius 1 is 0.927 bits per heavy atom.